The smallest absolute Gasteiger partial charge is 0.0380 e. The summed E-state index contributed by atoms with van der Waals surface area (Å²) in [5.74, 6) is 14.0. The number of rotatable bonds is 14. The zero-order chi connectivity index (χ0) is 19.5. The first-order valence-corrected chi connectivity index (χ1v) is 14.2. The fraction of sp³-hybridized carbons (Fsp3) is 1.00. The Labute approximate surface area is 181 Å². The maximum Gasteiger partial charge on any atom is -0.0380 e. The second-order valence-electron chi connectivity index (χ2n) is 13.3. The van der Waals surface area contributed by atoms with Crippen LogP contribution >= 0.6 is 0 Å². The lowest BCUT2D eigenvalue weighted by atomic mass is 10.0. The predicted molar refractivity (Wildman–Crippen MR) is 122 cm³/mol. The van der Waals surface area contributed by atoms with E-state index in [1.165, 1.54) is 66.6 Å². The van der Waals surface area contributed by atoms with Gasteiger partial charge in [-0.2, -0.15) is 0 Å². The molecule has 0 nitrogen and oxygen atoms in total. The third kappa shape index (κ3) is 4.92. The first-order valence-electron chi connectivity index (χ1n) is 14.2. The molecule has 164 valence electrons. The summed E-state index contributed by atoms with van der Waals surface area (Å²) in [7, 11) is 0. The van der Waals surface area contributed by atoms with Gasteiger partial charge in [0.05, 0.1) is 0 Å². The van der Waals surface area contributed by atoms with Crippen LogP contribution < -0.4 is 0 Å². The van der Waals surface area contributed by atoms with E-state index in [9.17, 15) is 0 Å². The Balaban J connectivity index is 0.810. The van der Waals surface area contributed by atoms with Crippen molar-refractivity contribution in [2.75, 3.05) is 0 Å². The topological polar surface area (TPSA) is 0 Å². The summed E-state index contributed by atoms with van der Waals surface area (Å²) < 4.78 is 0. The summed E-state index contributed by atoms with van der Waals surface area (Å²) in [6, 6.07) is 0. The van der Waals surface area contributed by atoms with Crippen LogP contribution in [0.15, 0.2) is 0 Å². The first kappa shape index (κ1) is 19.7. The lowest BCUT2D eigenvalue weighted by molar-refractivity contribution is 0.472. The van der Waals surface area contributed by atoms with Crippen LogP contribution in [0.5, 0.6) is 0 Å². The maximum atomic E-state index is 2.40. The summed E-state index contributed by atoms with van der Waals surface area (Å²) in [6.45, 7) is 4.75. The van der Waals surface area contributed by atoms with Gasteiger partial charge in [0.1, 0.15) is 0 Å². The van der Waals surface area contributed by atoms with Gasteiger partial charge < -0.3 is 0 Å². The molecule has 0 spiro atoms. The molecule has 0 aliphatic heterocycles. The van der Waals surface area contributed by atoms with Crippen LogP contribution in [-0.4, -0.2) is 0 Å². The Bertz CT molecular complexity index is 579. The minimum Gasteiger partial charge on any atom is -0.0654 e. The lowest BCUT2D eigenvalue weighted by Gasteiger charge is -2.03. The third-order valence-electron chi connectivity index (χ3n) is 10.9. The molecule has 12 unspecified atom stereocenters. The molecule has 0 bridgehead atoms. The van der Waals surface area contributed by atoms with Gasteiger partial charge in [-0.05, 0) is 142 Å². The standard InChI is InChI=1S/C29H48/c1-3-5-6-19-8-21(19)10-23-12-25(23)14-27-16-29(27)17-28-15-26(28)13-24-11-22(24)9-20-7-18(20)4-2/h18-29H,3-17H2,1-2H3. The number of unbranched alkanes of at least 4 members (excludes halogenated alkanes) is 1. The summed E-state index contributed by atoms with van der Waals surface area (Å²) in [5.41, 5.74) is 0. The highest BCUT2D eigenvalue weighted by Gasteiger charge is 2.52. The molecular formula is C29H48. The molecule has 0 N–H and O–H groups in total. The van der Waals surface area contributed by atoms with Crippen LogP contribution in [0.4, 0.5) is 0 Å². The molecule has 0 aromatic carbocycles. The van der Waals surface area contributed by atoms with Crippen molar-refractivity contribution in [2.45, 2.75) is 110 Å². The highest BCUT2D eigenvalue weighted by Crippen LogP contribution is 2.62. The zero-order valence-electron chi connectivity index (χ0n) is 19.5. The Hall–Kier alpha value is 0. The summed E-state index contributed by atoms with van der Waals surface area (Å²) in [5, 5.41) is 0. The highest BCUT2D eigenvalue weighted by atomic mass is 14.6. The second kappa shape index (κ2) is 7.85. The zero-order valence-corrected chi connectivity index (χ0v) is 19.5. The van der Waals surface area contributed by atoms with Crippen LogP contribution in [0.3, 0.4) is 0 Å². The van der Waals surface area contributed by atoms with E-state index in [-0.39, 0.29) is 0 Å². The second-order valence-corrected chi connectivity index (χ2v) is 13.3. The van der Waals surface area contributed by atoms with Crippen LogP contribution in [-0.2, 0) is 0 Å². The lowest BCUT2D eigenvalue weighted by Crippen LogP contribution is -1.94. The normalized spacial score (nSPS) is 53.6. The van der Waals surface area contributed by atoms with Gasteiger partial charge in [0.2, 0.25) is 0 Å². The Morgan fingerprint density at radius 3 is 1.07 bits per heavy atom. The third-order valence-corrected chi connectivity index (χ3v) is 10.9. The SMILES string of the molecule is CCCCC1CC1CC1CC1CC1CC1CC1CC1CC1CC1CC1CC1CC. The van der Waals surface area contributed by atoms with Crippen molar-refractivity contribution in [3.63, 3.8) is 0 Å². The van der Waals surface area contributed by atoms with Gasteiger partial charge in [0.15, 0.2) is 0 Å². The molecule has 0 aromatic heterocycles. The van der Waals surface area contributed by atoms with E-state index < -0.39 is 0 Å². The van der Waals surface area contributed by atoms with Crippen molar-refractivity contribution >= 4 is 0 Å². The van der Waals surface area contributed by atoms with Crippen LogP contribution in [0, 0.1) is 71.0 Å². The van der Waals surface area contributed by atoms with Crippen LogP contribution in [0.1, 0.15) is 110 Å². The van der Waals surface area contributed by atoms with Gasteiger partial charge in [-0.1, -0.05) is 39.5 Å². The van der Waals surface area contributed by atoms with Gasteiger partial charge in [0, 0.05) is 0 Å². The minimum absolute atomic E-state index is 1.13. The summed E-state index contributed by atoms with van der Waals surface area (Å²) >= 11 is 0. The van der Waals surface area contributed by atoms with Gasteiger partial charge in [0.25, 0.3) is 0 Å². The molecule has 29 heavy (non-hydrogen) atoms. The minimum atomic E-state index is 1.13. The van der Waals surface area contributed by atoms with E-state index in [0.29, 0.717) is 0 Å². The molecule has 6 aliphatic rings. The molecule has 6 fully saturated rings. The van der Waals surface area contributed by atoms with Crippen molar-refractivity contribution in [1.29, 1.82) is 0 Å². The molecule has 12 atom stereocenters. The molecule has 6 saturated carbocycles. The quantitative estimate of drug-likeness (QED) is 0.277. The van der Waals surface area contributed by atoms with E-state index in [1.807, 2.05) is 0 Å². The average Bonchev–Trinajstić information content (AvgIpc) is 3.49. The van der Waals surface area contributed by atoms with Crippen LogP contribution in [0.25, 0.3) is 0 Å². The molecular weight excluding hydrogens is 348 g/mol. The van der Waals surface area contributed by atoms with Crippen molar-refractivity contribution < 1.29 is 0 Å². The molecule has 0 heteroatoms. The van der Waals surface area contributed by atoms with Gasteiger partial charge in [-0.3, -0.25) is 0 Å². The molecule has 0 radical (unpaired) electrons. The molecule has 6 rings (SSSR count). The fourth-order valence-electron chi connectivity index (χ4n) is 8.01. The fourth-order valence-corrected chi connectivity index (χ4v) is 8.01. The van der Waals surface area contributed by atoms with Crippen molar-refractivity contribution in [1.82, 2.24) is 0 Å². The average molecular weight is 397 g/mol. The van der Waals surface area contributed by atoms with E-state index in [1.54, 1.807) is 77.0 Å². The molecule has 0 aromatic rings. The summed E-state index contributed by atoms with van der Waals surface area (Å²) in [4.78, 5) is 0. The Morgan fingerprint density at radius 1 is 0.414 bits per heavy atom. The van der Waals surface area contributed by atoms with E-state index in [0.717, 1.165) is 23.7 Å². The Kier molecular flexibility index (Phi) is 5.32. The van der Waals surface area contributed by atoms with E-state index in [4.69, 9.17) is 0 Å². The van der Waals surface area contributed by atoms with Gasteiger partial charge in [-0.15, -0.1) is 0 Å². The Morgan fingerprint density at radius 2 is 0.724 bits per heavy atom. The van der Waals surface area contributed by atoms with E-state index >= 15 is 0 Å². The largest absolute Gasteiger partial charge is 0.0654 e. The summed E-state index contributed by atoms with van der Waals surface area (Å²) in [6.07, 6.45) is 23.7. The van der Waals surface area contributed by atoms with Gasteiger partial charge in [-0.25, -0.2) is 0 Å². The van der Waals surface area contributed by atoms with Crippen LogP contribution in [0.2, 0.25) is 0 Å². The first-order chi connectivity index (χ1) is 14.2. The van der Waals surface area contributed by atoms with Crippen molar-refractivity contribution in [3.05, 3.63) is 0 Å². The predicted octanol–water partition coefficient (Wildman–Crippen LogP) is 8.35. The van der Waals surface area contributed by atoms with E-state index in [2.05, 4.69) is 13.8 Å². The molecule has 6 aliphatic carbocycles. The van der Waals surface area contributed by atoms with Crippen molar-refractivity contribution in [2.24, 2.45) is 71.0 Å². The molecule has 0 heterocycles. The number of hydrogen-bond donors (Lipinski definition) is 0. The van der Waals surface area contributed by atoms with Gasteiger partial charge >= 0.3 is 0 Å². The molecule has 0 amide bonds. The maximum absolute atomic E-state index is 2.40. The molecule has 0 saturated heterocycles. The highest BCUT2D eigenvalue weighted by molar-refractivity contribution is 5.02. The monoisotopic (exact) mass is 396 g/mol. The van der Waals surface area contributed by atoms with Crippen molar-refractivity contribution in [3.8, 4) is 0 Å². The number of hydrogen-bond acceptors (Lipinski definition) is 0.